The van der Waals surface area contributed by atoms with Gasteiger partial charge in [0, 0.05) is 5.75 Å². The summed E-state index contributed by atoms with van der Waals surface area (Å²) in [6.07, 6.45) is 0. The van der Waals surface area contributed by atoms with E-state index >= 15 is 0 Å². The lowest BCUT2D eigenvalue weighted by Crippen LogP contribution is -2.23. The van der Waals surface area contributed by atoms with Gasteiger partial charge in [0.25, 0.3) is 0 Å². The Kier molecular flexibility index (Phi) is 3.51. The van der Waals surface area contributed by atoms with Crippen molar-refractivity contribution in [2.24, 2.45) is 0 Å². The van der Waals surface area contributed by atoms with Crippen molar-refractivity contribution in [3.8, 4) is 0 Å². The predicted molar refractivity (Wildman–Crippen MR) is 42.9 cm³/mol. The summed E-state index contributed by atoms with van der Waals surface area (Å²) in [5.41, 5.74) is 0. The topological polar surface area (TPSA) is 51.2 Å². The van der Waals surface area contributed by atoms with Crippen LogP contribution in [0.25, 0.3) is 0 Å². The van der Waals surface area contributed by atoms with Crippen LogP contribution in [0.4, 0.5) is 0 Å². The number of hydrogen-bond donors (Lipinski definition) is 0. The highest BCUT2D eigenvalue weighted by molar-refractivity contribution is 9.11. The molecule has 0 bridgehead atoms. The minimum Gasteiger partial charge on any atom is -0.298 e. The van der Waals surface area contributed by atoms with Crippen LogP contribution in [-0.2, 0) is 14.6 Å². The molecule has 3 nitrogen and oxygen atoms in total. The van der Waals surface area contributed by atoms with Crippen LogP contribution in [0.5, 0.6) is 0 Å². The van der Waals surface area contributed by atoms with Gasteiger partial charge < -0.3 is 0 Å². The molecule has 0 spiro atoms. The summed E-state index contributed by atoms with van der Waals surface area (Å²) in [7, 11) is -3.23. The molecule has 0 aromatic heterocycles. The molecule has 0 saturated carbocycles. The monoisotopic (exact) mass is 228 g/mol. The molecule has 0 aromatic rings. The quantitative estimate of drug-likeness (QED) is 0.670. The van der Waals surface area contributed by atoms with E-state index in [-0.39, 0.29) is 11.5 Å². The first-order chi connectivity index (χ1) is 4.41. The second-order valence-electron chi connectivity index (χ2n) is 1.88. The molecule has 0 aliphatic carbocycles. The number of hydrogen-bond acceptors (Lipinski definition) is 3. The molecule has 5 heteroatoms. The second-order valence-corrected chi connectivity index (χ2v) is 5.77. The zero-order chi connectivity index (χ0) is 8.36. The van der Waals surface area contributed by atoms with Gasteiger partial charge >= 0.3 is 0 Å². The Morgan fingerprint density at radius 1 is 1.60 bits per heavy atom. The molecule has 0 rings (SSSR count). The number of ketones is 1. The largest absolute Gasteiger partial charge is 0.298 e. The van der Waals surface area contributed by atoms with Gasteiger partial charge in [0.2, 0.25) is 0 Å². The van der Waals surface area contributed by atoms with E-state index in [1.807, 2.05) is 0 Å². The van der Waals surface area contributed by atoms with E-state index < -0.39 is 14.0 Å². The van der Waals surface area contributed by atoms with Gasteiger partial charge in [0.05, 0.1) is 0 Å². The normalized spacial score (nSPS) is 14.7. The summed E-state index contributed by atoms with van der Waals surface area (Å²) in [6, 6.07) is 0. The van der Waals surface area contributed by atoms with Crippen LogP contribution in [0.15, 0.2) is 0 Å². The Labute approximate surface area is 68.9 Å². The minimum atomic E-state index is -3.23. The molecular weight excluding hydrogens is 220 g/mol. The fourth-order valence-corrected chi connectivity index (χ4v) is 1.99. The van der Waals surface area contributed by atoms with Crippen LogP contribution in [0, 0.1) is 0 Å². The smallest absolute Gasteiger partial charge is 0.174 e. The van der Waals surface area contributed by atoms with E-state index in [0.717, 1.165) is 0 Å². The van der Waals surface area contributed by atoms with E-state index in [0.29, 0.717) is 0 Å². The van der Waals surface area contributed by atoms with Gasteiger partial charge in [-0.2, -0.15) is 0 Å². The van der Waals surface area contributed by atoms with Gasteiger partial charge in [-0.05, 0) is 6.92 Å². The summed E-state index contributed by atoms with van der Waals surface area (Å²) in [5, 5.41) is 0. The van der Waals surface area contributed by atoms with Crippen molar-refractivity contribution >= 4 is 31.6 Å². The van der Waals surface area contributed by atoms with E-state index in [9.17, 15) is 13.2 Å². The molecule has 0 aromatic carbocycles. The maximum absolute atomic E-state index is 10.9. The summed E-state index contributed by atoms with van der Waals surface area (Å²) >= 11 is 2.79. The van der Waals surface area contributed by atoms with Crippen LogP contribution in [0.1, 0.15) is 13.8 Å². The second kappa shape index (κ2) is 3.48. The van der Waals surface area contributed by atoms with Gasteiger partial charge in [-0.3, -0.25) is 4.79 Å². The molecule has 0 heterocycles. The molecule has 0 aliphatic rings. The van der Waals surface area contributed by atoms with Gasteiger partial charge in [-0.1, -0.05) is 22.9 Å². The first-order valence-electron chi connectivity index (χ1n) is 2.78. The third-order valence-corrected chi connectivity index (χ3v) is 5.16. The highest BCUT2D eigenvalue weighted by Gasteiger charge is 2.24. The van der Waals surface area contributed by atoms with Crippen LogP contribution < -0.4 is 0 Å². The van der Waals surface area contributed by atoms with Crippen molar-refractivity contribution in [3.05, 3.63) is 0 Å². The van der Waals surface area contributed by atoms with Crippen molar-refractivity contribution in [3.63, 3.8) is 0 Å². The summed E-state index contributed by atoms with van der Waals surface area (Å²) in [4.78, 5) is 10.5. The number of carbonyl (C=O) groups excluding carboxylic acids is 1. The number of alkyl halides is 1. The Hall–Kier alpha value is 0.1000. The summed E-state index contributed by atoms with van der Waals surface area (Å²) < 4.78 is 20.7. The first kappa shape index (κ1) is 10.1. The lowest BCUT2D eigenvalue weighted by molar-refractivity contribution is -0.115. The molecule has 0 N–H and O–H groups in total. The first-order valence-corrected chi connectivity index (χ1v) is 5.41. The molecule has 0 radical (unpaired) electrons. The third-order valence-electron chi connectivity index (χ3n) is 1.04. The maximum atomic E-state index is 10.9. The lowest BCUT2D eigenvalue weighted by Gasteiger charge is -2.03. The van der Waals surface area contributed by atoms with E-state index in [1.54, 1.807) is 0 Å². The third kappa shape index (κ3) is 2.38. The highest BCUT2D eigenvalue weighted by atomic mass is 79.9. The van der Waals surface area contributed by atoms with E-state index in [1.165, 1.54) is 13.8 Å². The average Bonchev–Trinajstić information content (AvgIpc) is 1.86. The molecular formula is C5H9BrO3S. The van der Waals surface area contributed by atoms with Gasteiger partial charge in [0.15, 0.2) is 19.8 Å². The van der Waals surface area contributed by atoms with Crippen LogP contribution in [-0.4, -0.2) is 24.1 Å². The zero-order valence-corrected chi connectivity index (χ0v) is 8.20. The minimum absolute atomic E-state index is 0.0114. The van der Waals surface area contributed by atoms with Crippen molar-refractivity contribution in [1.82, 2.24) is 0 Å². The van der Waals surface area contributed by atoms with Crippen LogP contribution >= 0.6 is 15.9 Å². The van der Waals surface area contributed by atoms with E-state index in [4.69, 9.17) is 0 Å². The fraction of sp³-hybridized carbons (Fsp3) is 0.800. The van der Waals surface area contributed by atoms with Gasteiger partial charge in [-0.15, -0.1) is 0 Å². The Bertz CT molecular complexity index is 219. The zero-order valence-electron chi connectivity index (χ0n) is 5.80. The molecule has 0 aliphatic heterocycles. The SMILES string of the molecule is CCS(=O)(=O)[C@H](Br)C(C)=O. The average molecular weight is 229 g/mol. The van der Waals surface area contributed by atoms with Crippen LogP contribution in [0.2, 0.25) is 0 Å². The Morgan fingerprint density at radius 3 is 2.10 bits per heavy atom. The van der Waals surface area contributed by atoms with Crippen molar-refractivity contribution in [2.75, 3.05) is 5.75 Å². The molecule has 0 fully saturated rings. The molecule has 10 heavy (non-hydrogen) atoms. The molecule has 60 valence electrons. The van der Waals surface area contributed by atoms with Gasteiger partial charge in [-0.25, -0.2) is 8.42 Å². The van der Waals surface area contributed by atoms with Gasteiger partial charge in [0.1, 0.15) is 0 Å². The number of Topliss-reactive ketones (excluding diaryl/α,β-unsaturated/α-hetero) is 1. The van der Waals surface area contributed by atoms with E-state index in [2.05, 4.69) is 15.9 Å². The fourth-order valence-electron chi connectivity index (χ4n) is 0.399. The highest BCUT2D eigenvalue weighted by Crippen LogP contribution is 2.10. The van der Waals surface area contributed by atoms with Crippen molar-refractivity contribution in [2.45, 2.75) is 18.0 Å². The Balaban J connectivity index is 4.51. The Morgan fingerprint density at radius 2 is 2.00 bits per heavy atom. The van der Waals surface area contributed by atoms with Crippen molar-refractivity contribution < 1.29 is 13.2 Å². The molecule has 0 saturated heterocycles. The van der Waals surface area contributed by atoms with Crippen LogP contribution in [0.3, 0.4) is 0 Å². The molecule has 1 atom stereocenters. The standard InChI is InChI=1S/C5H9BrO3S/c1-3-10(8,9)5(6)4(2)7/h5H,3H2,1-2H3/t5-/m0/s1. The lowest BCUT2D eigenvalue weighted by atomic mass is 10.5. The number of carbonyl (C=O) groups is 1. The predicted octanol–water partition coefficient (Wildman–Crippen LogP) is 0.731. The molecule has 0 amide bonds. The number of rotatable bonds is 3. The summed E-state index contributed by atoms with van der Waals surface area (Å²) in [6.45, 7) is 2.75. The summed E-state index contributed by atoms with van der Waals surface area (Å²) in [5.74, 6) is -0.385. The number of halogens is 1. The van der Waals surface area contributed by atoms with Crippen molar-refractivity contribution in [1.29, 1.82) is 0 Å². The molecule has 0 unspecified atom stereocenters. The number of sulfone groups is 1. The maximum Gasteiger partial charge on any atom is 0.174 e.